The van der Waals surface area contributed by atoms with Crippen molar-refractivity contribution in [2.45, 2.75) is 12.8 Å². The summed E-state index contributed by atoms with van der Waals surface area (Å²) in [6.07, 6.45) is 2.71. The lowest BCUT2D eigenvalue weighted by atomic mass is 10.1. The van der Waals surface area contributed by atoms with E-state index < -0.39 is 0 Å². The van der Waals surface area contributed by atoms with Gasteiger partial charge in [-0.15, -0.1) is 12.4 Å². The Morgan fingerprint density at radius 3 is 2.18 bits per heavy atom. The number of carbonyl (C=O) groups is 1. The van der Waals surface area contributed by atoms with Crippen molar-refractivity contribution >= 4 is 24.2 Å². The van der Waals surface area contributed by atoms with Crippen molar-refractivity contribution < 1.29 is 9.53 Å². The minimum absolute atomic E-state index is 0. The van der Waals surface area contributed by atoms with Crippen LogP contribution in [0.3, 0.4) is 0 Å². The van der Waals surface area contributed by atoms with Gasteiger partial charge in [0.2, 0.25) is 0 Å². The minimum Gasteiger partial charge on any atom is -0.469 e. The Morgan fingerprint density at radius 1 is 0.941 bits per heavy atom. The van der Waals surface area contributed by atoms with Crippen LogP contribution in [0.4, 0.5) is 0 Å². The molecule has 0 bridgehead atoms. The number of rotatable bonds is 7. The van der Waals surface area contributed by atoms with Crippen LogP contribution in [-0.4, -0.2) is 28.0 Å². The zero-order chi connectivity index (χ0) is 23.4. The molecule has 3 N–H and O–H groups in total. The van der Waals surface area contributed by atoms with Crippen LogP contribution in [-0.2, 0) is 16.0 Å². The first kappa shape index (κ1) is 24.5. The molecule has 1 heterocycles. The number of benzene rings is 3. The summed E-state index contributed by atoms with van der Waals surface area (Å²) in [4.78, 5) is 24.9. The summed E-state index contributed by atoms with van der Waals surface area (Å²) < 4.78 is 7.96. The van der Waals surface area contributed by atoms with Gasteiger partial charge in [-0.1, -0.05) is 42.5 Å². The first-order valence-corrected chi connectivity index (χ1v) is 10.5. The molecule has 0 unspecified atom stereocenters. The highest BCUT2D eigenvalue weighted by molar-refractivity contribution is 5.95. The Labute approximate surface area is 203 Å². The Hall–Kier alpha value is -4.10. The molecular weight excluding hydrogens is 452 g/mol. The van der Waals surface area contributed by atoms with Gasteiger partial charge >= 0.3 is 11.7 Å². The van der Waals surface area contributed by atoms with E-state index in [1.54, 1.807) is 33.4 Å². The highest BCUT2D eigenvalue weighted by Crippen LogP contribution is 2.24. The molecule has 0 saturated heterocycles. The first-order chi connectivity index (χ1) is 16.0. The number of nitrogens with two attached hydrogens (primary N) is 1. The summed E-state index contributed by atoms with van der Waals surface area (Å²) in [5.41, 5.74) is 10.00. The largest absolute Gasteiger partial charge is 0.469 e. The number of methoxy groups -OCH3 is 1. The number of hydrogen-bond acceptors (Lipinski definition) is 4. The topological polar surface area (TPSA) is 103 Å². The predicted molar refractivity (Wildman–Crippen MR) is 135 cm³/mol. The number of amidine groups is 1. The van der Waals surface area contributed by atoms with Gasteiger partial charge in [-0.05, 0) is 48.4 Å². The van der Waals surface area contributed by atoms with Crippen molar-refractivity contribution in [3.05, 3.63) is 107 Å². The van der Waals surface area contributed by atoms with Crippen molar-refractivity contribution in [1.82, 2.24) is 9.13 Å². The Bertz CT molecular complexity index is 1340. The number of nitrogens with one attached hydrogen (secondary N) is 1. The van der Waals surface area contributed by atoms with Crippen LogP contribution in [0.15, 0.2) is 89.9 Å². The number of esters is 1. The molecule has 0 spiro atoms. The van der Waals surface area contributed by atoms with Crippen LogP contribution in [0.2, 0.25) is 0 Å². The van der Waals surface area contributed by atoms with E-state index >= 15 is 0 Å². The molecule has 0 radical (unpaired) electrons. The van der Waals surface area contributed by atoms with Gasteiger partial charge in [-0.2, -0.15) is 0 Å². The molecule has 0 fully saturated rings. The molecule has 0 aliphatic carbocycles. The smallest absolute Gasteiger partial charge is 0.337 e. The van der Waals surface area contributed by atoms with E-state index in [0.29, 0.717) is 24.1 Å². The van der Waals surface area contributed by atoms with Gasteiger partial charge in [-0.3, -0.25) is 19.3 Å². The van der Waals surface area contributed by atoms with E-state index in [1.807, 2.05) is 60.8 Å². The zero-order valence-corrected chi connectivity index (χ0v) is 19.4. The lowest BCUT2D eigenvalue weighted by Gasteiger charge is -2.08. The third-order valence-electron chi connectivity index (χ3n) is 5.46. The second-order valence-electron chi connectivity index (χ2n) is 7.57. The summed E-state index contributed by atoms with van der Waals surface area (Å²) >= 11 is 0. The van der Waals surface area contributed by atoms with Gasteiger partial charge < -0.3 is 10.5 Å². The number of nitrogens with zero attached hydrogens (tertiary/aromatic N) is 2. The summed E-state index contributed by atoms with van der Waals surface area (Å²) in [5.74, 6) is -0.270. The monoisotopic (exact) mass is 476 g/mol. The predicted octanol–water partition coefficient (Wildman–Crippen LogP) is 4.11. The number of ether oxygens (including phenoxy) is 1. The van der Waals surface area contributed by atoms with Gasteiger partial charge in [0.25, 0.3) is 0 Å². The van der Waals surface area contributed by atoms with Crippen molar-refractivity contribution in [2.24, 2.45) is 5.73 Å². The highest BCUT2D eigenvalue weighted by Gasteiger charge is 2.16. The second kappa shape index (κ2) is 10.7. The number of aromatic nitrogens is 2. The van der Waals surface area contributed by atoms with E-state index in [2.05, 4.69) is 0 Å². The molecule has 0 saturated carbocycles. The summed E-state index contributed by atoms with van der Waals surface area (Å²) in [6, 6.07) is 24.3. The number of imidazole rings is 1. The van der Waals surface area contributed by atoms with Gasteiger partial charge in [-0.25, -0.2) is 4.79 Å². The molecule has 1 aromatic heterocycles. The number of carbonyl (C=O) groups excluding carboxylic acids is 1. The van der Waals surface area contributed by atoms with Crippen molar-refractivity contribution in [2.75, 3.05) is 7.11 Å². The van der Waals surface area contributed by atoms with Gasteiger partial charge in [0.15, 0.2) is 0 Å². The van der Waals surface area contributed by atoms with Crippen LogP contribution in [0.1, 0.15) is 17.5 Å². The molecule has 7 nitrogen and oxygen atoms in total. The molecule has 174 valence electrons. The Kier molecular flexibility index (Phi) is 7.71. The lowest BCUT2D eigenvalue weighted by Crippen LogP contribution is -2.22. The van der Waals surface area contributed by atoms with Crippen molar-refractivity contribution in [3.8, 4) is 22.6 Å². The maximum atomic E-state index is 13.5. The van der Waals surface area contributed by atoms with Crippen LogP contribution in [0.25, 0.3) is 22.6 Å². The average Bonchev–Trinajstić information content (AvgIpc) is 3.20. The first-order valence-electron chi connectivity index (χ1n) is 10.5. The van der Waals surface area contributed by atoms with Crippen LogP contribution >= 0.6 is 12.4 Å². The normalized spacial score (nSPS) is 10.4. The van der Waals surface area contributed by atoms with E-state index in [4.69, 9.17) is 15.9 Å². The van der Waals surface area contributed by atoms with Crippen LogP contribution < -0.4 is 11.4 Å². The van der Waals surface area contributed by atoms with Gasteiger partial charge in [0.1, 0.15) is 5.84 Å². The second-order valence-corrected chi connectivity index (χ2v) is 7.57. The summed E-state index contributed by atoms with van der Waals surface area (Å²) in [5, 5.41) is 7.58. The Morgan fingerprint density at radius 2 is 1.59 bits per heavy atom. The molecule has 0 amide bonds. The molecule has 4 aromatic rings. The van der Waals surface area contributed by atoms with Crippen LogP contribution in [0, 0.1) is 5.41 Å². The van der Waals surface area contributed by atoms with E-state index in [-0.39, 0.29) is 29.9 Å². The molecule has 34 heavy (non-hydrogen) atoms. The standard InChI is InChI=1S/C26H24N4O3.ClH/c1-33-24(31)16-9-18-7-10-19(11-8-18)23-17-29(21-14-12-20(13-15-21)25(27)28)26(32)30(23)22-5-3-2-4-6-22;/h2-8,10-15,17H,9,16H2,1H3,(H3,27,28);1H. The Balaban J connectivity index is 0.00000324. The fourth-order valence-corrected chi connectivity index (χ4v) is 3.65. The van der Waals surface area contributed by atoms with Gasteiger partial charge in [0.05, 0.1) is 24.2 Å². The number of hydrogen-bond donors (Lipinski definition) is 2. The van der Waals surface area contributed by atoms with E-state index in [9.17, 15) is 9.59 Å². The molecule has 4 rings (SSSR count). The molecule has 0 atom stereocenters. The van der Waals surface area contributed by atoms with Crippen molar-refractivity contribution in [1.29, 1.82) is 5.41 Å². The minimum atomic E-state index is -0.245. The maximum Gasteiger partial charge on any atom is 0.337 e. The number of halogens is 1. The quantitative estimate of drug-likeness (QED) is 0.238. The number of aryl methyl sites for hydroxylation is 1. The summed E-state index contributed by atoms with van der Waals surface area (Å²) in [7, 11) is 1.38. The number of nitrogen functional groups attached to an aromatic ring is 1. The third-order valence-corrected chi connectivity index (χ3v) is 5.46. The summed E-state index contributed by atoms with van der Waals surface area (Å²) in [6.45, 7) is 0. The SMILES string of the molecule is COC(=O)CCc1ccc(-c2cn(-c3ccc(C(=N)N)cc3)c(=O)n2-c2ccccc2)cc1.Cl. The fourth-order valence-electron chi connectivity index (χ4n) is 3.65. The maximum absolute atomic E-state index is 13.5. The van der Waals surface area contributed by atoms with Gasteiger partial charge in [0, 0.05) is 23.7 Å². The third kappa shape index (κ3) is 5.10. The molecule has 0 aliphatic rings. The van der Waals surface area contributed by atoms with Crippen LogP contribution in [0.5, 0.6) is 0 Å². The fraction of sp³-hybridized carbons (Fsp3) is 0.115. The highest BCUT2D eigenvalue weighted by atomic mass is 35.5. The molecule has 3 aromatic carbocycles. The lowest BCUT2D eigenvalue weighted by molar-refractivity contribution is -0.140. The van der Waals surface area contributed by atoms with Crippen molar-refractivity contribution in [3.63, 3.8) is 0 Å². The molecule has 8 heteroatoms. The average molecular weight is 477 g/mol. The molecular formula is C26H25ClN4O3. The zero-order valence-electron chi connectivity index (χ0n) is 18.6. The molecule has 0 aliphatic heterocycles. The number of para-hydroxylation sites is 1. The van der Waals surface area contributed by atoms with E-state index in [1.165, 1.54) is 7.11 Å². The van der Waals surface area contributed by atoms with E-state index in [0.717, 1.165) is 22.5 Å².